The fraction of sp³-hybridized carbons (Fsp3) is 0.238. The zero-order chi connectivity index (χ0) is 20.4. The van der Waals surface area contributed by atoms with Gasteiger partial charge in [-0.2, -0.15) is 0 Å². The fourth-order valence-electron chi connectivity index (χ4n) is 2.95. The second-order valence-corrected chi connectivity index (χ2v) is 8.69. The third kappa shape index (κ3) is 4.13. The van der Waals surface area contributed by atoms with Gasteiger partial charge in [-0.05, 0) is 19.4 Å². The van der Waals surface area contributed by atoms with Gasteiger partial charge in [0.25, 0.3) is 5.56 Å². The standard InChI is InChI=1S/C21H19N3O3S2/c1-13-14(2)29-20-18(13)21(26)24(12-22-20)9-8-17(25)27-10-16-11-28-19(23-16)15-6-4-3-5-7-15/h3-7,11-12H,8-10H2,1-2H3. The Labute approximate surface area is 175 Å². The molecule has 0 aliphatic carbocycles. The second-order valence-electron chi connectivity index (χ2n) is 6.63. The van der Waals surface area contributed by atoms with Crippen molar-refractivity contribution in [1.29, 1.82) is 0 Å². The Morgan fingerprint density at radius 1 is 1.21 bits per heavy atom. The quantitative estimate of drug-likeness (QED) is 0.430. The third-order valence-electron chi connectivity index (χ3n) is 4.67. The number of fused-ring (bicyclic) bond motifs is 1. The summed E-state index contributed by atoms with van der Waals surface area (Å²) >= 11 is 3.03. The van der Waals surface area contributed by atoms with Crippen LogP contribution in [0.25, 0.3) is 20.8 Å². The van der Waals surface area contributed by atoms with Gasteiger partial charge >= 0.3 is 5.97 Å². The number of thiazole rings is 1. The summed E-state index contributed by atoms with van der Waals surface area (Å²) in [6.45, 7) is 4.26. The van der Waals surface area contributed by atoms with Crippen molar-refractivity contribution in [2.24, 2.45) is 0 Å². The van der Waals surface area contributed by atoms with E-state index in [0.29, 0.717) is 11.1 Å². The van der Waals surface area contributed by atoms with E-state index >= 15 is 0 Å². The molecule has 3 heterocycles. The highest BCUT2D eigenvalue weighted by Crippen LogP contribution is 2.25. The summed E-state index contributed by atoms with van der Waals surface area (Å²) < 4.78 is 6.80. The zero-order valence-electron chi connectivity index (χ0n) is 16.0. The number of carbonyl (C=O) groups excluding carboxylic acids is 1. The fourth-order valence-corrected chi connectivity index (χ4v) is 4.75. The SMILES string of the molecule is Cc1sc2ncn(CCC(=O)OCc3csc(-c4ccccc4)n3)c(=O)c2c1C. The monoisotopic (exact) mass is 425 g/mol. The largest absolute Gasteiger partial charge is 0.459 e. The van der Waals surface area contributed by atoms with Gasteiger partial charge in [0, 0.05) is 22.4 Å². The lowest BCUT2D eigenvalue weighted by atomic mass is 10.2. The molecule has 0 spiro atoms. The molecule has 0 saturated heterocycles. The minimum atomic E-state index is -0.371. The van der Waals surface area contributed by atoms with Gasteiger partial charge in [-0.1, -0.05) is 30.3 Å². The van der Waals surface area contributed by atoms with E-state index in [2.05, 4.69) is 9.97 Å². The lowest BCUT2D eigenvalue weighted by Crippen LogP contribution is -2.22. The first-order valence-electron chi connectivity index (χ1n) is 9.13. The predicted octanol–water partition coefficient (Wildman–Crippen LogP) is 4.33. The molecule has 0 unspecified atom stereocenters. The molecule has 0 atom stereocenters. The van der Waals surface area contributed by atoms with Crippen LogP contribution in [-0.4, -0.2) is 20.5 Å². The van der Waals surface area contributed by atoms with Gasteiger partial charge < -0.3 is 4.74 Å². The van der Waals surface area contributed by atoms with Crippen molar-refractivity contribution < 1.29 is 9.53 Å². The minimum Gasteiger partial charge on any atom is -0.459 e. The molecule has 0 amide bonds. The van der Waals surface area contributed by atoms with Gasteiger partial charge in [0.2, 0.25) is 0 Å². The molecule has 0 aliphatic rings. The summed E-state index contributed by atoms with van der Waals surface area (Å²) in [4.78, 5) is 35.5. The predicted molar refractivity (Wildman–Crippen MR) is 115 cm³/mol. The highest BCUT2D eigenvalue weighted by molar-refractivity contribution is 7.18. The molecule has 4 rings (SSSR count). The molecular weight excluding hydrogens is 406 g/mol. The van der Waals surface area contributed by atoms with Gasteiger partial charge in [0.15, 0.2) is 0 Å². The van der Waals surface area contributed by atoms with E-state index in [9.17, 15) is 9.59 Å². The molecule has 29 heavy (non-hydrogen) atoms. The topological polar surface area (TPSA) is 74.1 Å². The molecule has 0 radical (unpaired) electrons. The van der Waals surface area contributed by atoms with Crippen LogP contribution in [0.2, 0.25) is 0 Å². The van der Waals surface area contributed by atoms with Crippen molar-refractivity contribution in [1.82, 2.24) is 14.5 Å². The number of hydrogen-bond acceptors (Lipinski definition) is 7. The first-order chi connectivity index (χ1) is 14.0. The minimum absolute atomic E-state index is 0.102. The molecule has 0 bridgehead atoms. The highest BCUT2D eigenvalue weighted by atomic mass is 32.1. The third-order valence-corrected chi connectivity index (χ3v) is 6.72. The van der Waals surface area contributed by atoms with Gasteiger partial charge in [0.05, 0.1) is 23.8 Å². The molecule has 0 fully saturated rings. The number of rotatable bonds is 6. The summed E-state index contributed by atoms with van der Waals surface area (Å²) in [5.41, 5.74) is 2.59. The van der Waals surface area contributed by atoms with Crippen LogP contribution in [0, 0.1) is 13.8 Å². The molecule has 0 aliphatic heterocycles. The van der Waals surface area contributed by atoms with Crippen molar-refractivity contribution in [3.63, 3.8) is 0 Å². The Morgan fingerprint density at radius 2 is 2.00 bits per heavy atom. The molecule has 0 N–H and O–H groups in total. The van der Waals surface area contributed by atoms with E-state index in [1.54, 1.807) is 0 Å². The van der Waals surface area contributed by atoms with Crippen LogP contribution in [-0.2, 0) is 22.7 Å². The average molecular weight is 426 g/mol. The number of aromatic nitrogens is 3. The van der Waals surface area contributed by atoms with E-state index < -0.39 is 0 Å². The van der Waals surface area contributed by atoms with Crippen LogP contribution >= 0.6 is 22.7 Å². The lowest BCUT2D eigenvalue weighted by Gasteiger charge is -2.06. The number of aryl methyl sites for hydroxylation is 3. The second kappa shape index (κ2) is 8.26. The molecule has 3 aromatic heterocycles. The molecule has 148 valence electrons. The number of ether oxygens (including phenoxy) is 1. The number of esters is 1. The molecular formula is C21H19N3O3S2. The lowest BCUT2D eigenvalue weighted by molar-refractivity contribution is -0.145. The highest BCUT2D eigenvalue weighted by Gasteiger charge is 2.13. The van der Waals surface area contributed by atoms with Gasteiger partial charge in [-0.25, -0.2) is 9.97 Å². The molecule has 0 saturated carbocycles. The van der Waals surface area contributed by atoms with E-state index in [1.165, 1.54) is 33.6 Å². The number of carbonyl (C=O) groups is 1. The Kier molecular flexibility index (Phi) is 5.55. The number of hydrogen-bond donors (Lipinski definition) is 0. The molecule has 6 nitrogen and oxygen atoms in total. The van der Waals surface area contributed by atoms with Crippen LogP contribution in [0.4, 0.5) is 0 Å². The summed E-state index contributed by atoms with van der Waals surface area (Å²) in [5.74, 6) is -0.371. The van der Waals surface area contributed by atoms with Crippen LogP contribution in [0.15, 0.2) is 46.8 Å². The van der Waals surface area contributed by atoms with Crippen molar-refractivity contribution in [2.75, 3.05) is 0 Å². The van der Waals surface area contributed by atoms with Crippen molar-refractivity contribution in [3.8, 4) is 10.6 Å². The van der Waals surface area contributed by atoms with Crippen molar-refractivity contribution in [2.45, 2.75) is 33.4 Å². The Morgan fingerprint density at radius 3 is 2.79 bits per heavy atom. The first-order valence-corrected chi connectivity index (χ1v) is 10.8. The van der Waals surface area contributed by atoms with E-state index in [1.807, 2.05) is 49.6 Å². The smallest absolute Gasteiger partial charge is 0.307 e. The van der Waals surface area contributed by atoms with E-state index in [4.69, 9.17) is 4.74 Å². The summed E-state index contributed by atoms with van der Waals surface area (Å²) in [6, 6.07) is 9.87. The number of nitrogens with zero attached hydrogens (tertiary/aromatic N) is 3. The summed E-state index contributed by atoms with van der Waals surface area (Å²) in [5, 5.41) is 3.42. The van der Waals surface area contributed by atoms with Crippen LogP contribution in [0.1, 0.15) is 22.6 Å². The zero-order valence-corrected chi connectivity index (χ0v) is 17.7. The van der Waals surface area contributed by atoms with Crippen molar-refractivity contribution >= 4 is 38.9 Å². The van der Waals surface area contributed by atoms with Gasteiger partial charge in [0.1, 0.15) is 16.4 Å². The Balaban J connectivity index is 1.36. The maximum absolute atomic E-state index is 12.7. The Hall–Kier alpha value is -2.84. The van der Waals surface area contributed by atoms with Crippen molar-refractivity contribution in [3.05, 3.63) is 68.5 Å². The van der Waals surface area contributed by atoms with Gasteiger partial charge in [-0.15, -0.1) is 22.7 Å². The number of thiophene rings is 1. The Bertz CT molecular complexity index is 1230. The van der Waals surface area contributed by atoms with Crippen LogP contribution < -0.4 is 5.56 Å². The number of benzene rings is 1. The van der Waals surface area contributed by atoms with E-state index in [-0.39, 0.29) is 31.1 Å². The maximum atomic E-state index is 12.7. The van der Waals surface area contributed by atoms with Crippen LogP contribution in [0.5, 0.6) is 0 Å². The summed E-state index contributed by atoms with van der Waals surface area (Å²) in [6.07, 6.45) is 1.60. The summed E-state index contributed by atoms with van der Waals surface area (Å²) in [7, 11) is 0. The molecule has 8 heteroatoms. The van der Waals surface area contributed by atoms with Gasteiger partial charge in [-0.3, -0.25) is 14.2 Å². The van der Waals surface area contributed by atoms with Crippen LogP contribution in [0.3, 0.4) is 0 Å². The maximum Gasteiger partial charge on any atom is 0.307 e. The van der Waals surface area contributed by atoms with E-state index in [0.717, 1.165) is 25.8 Å². The normalized spacial score (nSPS) is 11.1. The molecule has 4 aromatic rings. The first kappa shape index (κ1) is 19.5. The average Bonchev–Trinajstić information content (AvgIpc) is 3.32. The molecule has 1 aromatic carbocycles.